The second-order valence-electron chi connectivity index (χ2n) is 4.11. The van der Waals surface area contributed by atoms with Crippen molar-refractivity contribution in [2.45, 2.75) is 0 Å². The summed E-state index contributed by atoms with van der Waals surface area (Å²) in [5.41, 5.74) is 8.66. The van der Waals surface area contributed by atoms with Crippen LogP contribution in [0.25, 0.3) is 22.2 Å². The maximum absolute atomic E-state index is 5.58. The second kappa shape index (κ2) is 4.07. The zero-order valence-electron chi connectivity index (χ0n) is 9.97. The molecular formula is C14H13N3O. The lowest BCUT2D eigenvalue weighted by Crippen LogP contribution is -1.88. The highest BCUT2D eigenvalue weighted by atomic mass is 16.5. The van der Waals surface area contributed by atoms with E-state index in [9.17, 15) is 0 Å². The predicted molar refractivity (Wildman–Crippen MR) is 72.5 cm³/mol. The van der Waals surface area contributed by atoms with Gasteiger partial charge in [0.25, 0.3) is 0 Å². The second-order valence-corrected chi connectivity index (χ2v) is 4.11. The number of benzene rings is 1. The molecule has 0 unspecified atom stereocenters. The topological polar surface area (TPSA) is 63.9 Å². The lowest BCUT2D eigenvalue weighted by molar-refractivity contribution is 0.415. The molecule has 0 atom stereocenters. The molecule has 2 aromatic heterocycles. The number of ether oxygens (including phenoxy) is 1. The van der Waals surface area contributed by atoms with Gasteiger partial charge in [-0.2, -0.15) is 0 Å². The molecule has 0 saturated carbocycles. The van der Waals surface area contributed by atoms with Gasteiger partial charge in [0.2, 0.25) is 0 Å². The average Bonchev–Trinajstić information content (AvgIpc) is 2.82. The van der Waals surface area contributed by atoms with Gasteiger partial charge in [0.15, 0.2) is 0 Å². The number of nitrogens with one attached hydrogen (secondary N) is 1. The zero-order chi connectivity index (χ0) is 12.5. The minimum Gasteiger partial charge on any atom is -0.497 e. The Morgan fingerprint density at radius 3 is 2.78 bits per heavy atom. The van der Waals surface area contributed by atoms with Crippen LogP contribution in [0.3, 0.4) is 0 Å². The molecule has 0 fully saturated rings. The van der Waals surface area contributed by atoms with Crippen LogP contribution in [-0.4, -0.2) is 17.1 Å². The Labute approximate surface area is 104 Å². The first-order valence-corrected chi connectivity index (χ1v) is 5.65. The maximum Gasteiger partial charge on any atom is 0.123 e. The molecule has 3 N–H and O–H groups in total. The van der Waals surface area contributed by atoms with Crippen molar-refractivity contribution in [1.29, 1.82) is 0 Å². The molecule has 0 spiro atoms. The lowest BCUT2D eigenvalue weighted by Gasteiger charge is -1.98. The van der Waals surface area contributed by atoms with Gasteiger partial charge in [-0.3, -0.25) is 0 Å². The number of rotatable bonds is 2. The normalized spacial score (nSPS) is 10.7. The lowest BCUT2D eigenvalue weighted by atomic mass is 10.2. The fourth-order valence-electron chi connectivity index (χ4n) is 1.95. The van der Waals surface area contributed by atoms with Crippen molar-refractivity contribution in [1.82, 2.24) is 9.97 Å². The van der Waals surface area contributed by atoms with Gasteiger partial charge in [-0.05, 0) is 30.3 Å². The zero-order valence-corrected chi connectivity index (χ0v) is 9.97. The molecule has 0 aliphatic rings. The van der Waals surface area contributed by atoms with E-state index < -0.39 is 0 Å². The van der Waals surface area contributed by atoms with E-state index in [-0.39, 0.29) is 0 Å². The Bertz CT molecular complexity index is 686. The quantitative estimate of drug-likeness (QED) is 0.722. The SMILES string of the molecule is COc1ccc2cc(-c3ccc(N)nc3)[nH]c2c1. The van der Waals surface area contributed by atoms with Crippen molar-refractivity contribution >= 4 is 16.7 Å². The number of fused-ring (bicyclic) bond motifs is 1. The maximum atomic E-state index is 5.58. The standard InChI is InChI=1S/C14H13N3O/c1-18-11-4-2-9-6-12(17-13(9)7-11)10-3-5-14(15)16-8-10/h2-8,17H,1H3,(H2,15,16). The Balaban J connectivity index is 2.10. The van der Waals surface area contributed by atoms with Crippen LogP contribution < -0.4 is 10.5 Å². The van der Waals surface area contributed by atoms with Crippen LogP contribution in [0, 0.1) is 0 Å². The Morgan fingerprint density at radius 1 is 1.17 bits per heavy atom. The molecule has 2 heterocycles. The van der Waals surface area contributed by atoms with Gasteiger partial charge in [-0.15, -0.1) is 0 Å². The molecule has 0 saturated heterocycles. The van der Waals surface area contributed by atoms with Gasteiger partial charge in [-0.25, -0.2) is 4.98 Å². The van der Waals surface area contributed by atoms with Crippen molar-refractivity contribution in [3.05, 3.63) is 42.6 Å². The third-order valence-corrected chi connectivity index (χ3v) is 2.93. The molecule has 4 nitrogen and oxygen atoms in total. The molecule has 18 heavy (non-hydrogen) atoms. The molecule has 3 aromatic rings. The van der Waals surface area contributed by atoms with Crippen molar-refractivity contribution in [3.63, 3.8) is 0 Å². The van der Waals surface area contributed by atoms with E-state index in [0.29, 0.717) is 5.82 Å². The highest BCUT2D eigenvalue weighted by Crippen LogP contribution is 2.26. The highest BCUT2D eigenvalue weighted by molar-refractivity contribution is 5.86. The number of H-pyrrole nitrogens is 1. The summed E-state index contributed by atoms with van der Waals surface area (Å²) in [5, 5.41) is 1.14. The average molecular weight is 239 g/mol. The summed E-state index contributed by atoms with van der Waals surface area (Å²) < 4.78 is 5.20. The van der Waals surface area contributed by atoms with Gasteiger partial charge in [0, 0.05) is 34.4 Å². The minimum absolute atomic E-state index is 0.525. The van der Waals surface area contributed by atoms with Crippen molar-refractivity contribution in [2.24, 2.45) is 0 Å². The number of nitrogens with two attached hydrogens (primary N) is 1. The van der Waals surface area contributed by atoms with Crippen LogP contribution in [0.15, 0.2) is 42.6 Å². The van der Waals surface area contributed by atoms with E-state index in [2.05, 4.69) is 16.0 Å². The number of nitrogens with zero attached hydrogens (tertiary/aromatic N) is 1. The van der Waals surface area contributed by atoms with Crippen LogP contribution in [0.5, 0.6) is 5.75 Å². The fraction of sp³-hybridized carbons (Fsp3) is 0.0714. The number of pyridine rings is 1. The summed E-state index contributed by atoms with van der Waals surface area (Å²) in [4.78, 5) is 7.44. The minimum atomic E-state index is 0.525. The number of hydrogen-bond acceptors (Lipinski definition) is 3. The van der Waals surface area contributed by atoms with Crippen LogP contribution in [0.2, 0.25) is 0 Å². The number of aromatic amines is 1. The third kappa shape index (κ3) is 1.78. The smallest absolute Gasteiger partial charge is 0.123 e. The van der Waals surface area contributed by atoms with Crippen LogP contribution in [0.1, 0.15) is 0 Å². The van der Waals surface area contributed by atoms with Crippen molar-refractivity contribution in [2.75, 3.05) is 12.8 Å². The van der Waals surface area contributed by atoms with E-state index in [1.54, 1.807) is 19.4 Å². The van der Waals surface area contributed by atoms with E-state index in [4.69, 9.17) is 10.5 Å². The largest absolute Gasteiger partial charge is 0.497 e. The number of hydrogen-bond donors (Lipinski definition) is 2. The molecule has 90 valence electrons. The molecule has 1 aromatic carbocycles. The van der Waals surface area contributed by atoms with Gasteiger partial charge < -0.3 is 15.5 Å². The number of methoxy groups -OCH3 is 1. The summed E-state index contributed by atoms with van der Waals surface area (Å²) in [6.07, 6.45) is 1.76. The number of nitrogen functional groups attached to an aromatic ring is 1. The van der Waals surface area contributed by atoms with E-state index >= 15 is 0 Å². The predicted octanol–water partition coefficient (Wildman–Crippen LogP) is 2.82. The van der Waals surface area contributed by atoms with E-state index in [0.717, 1.165) is 27.9 Å². The first-order valence-electron chi connectivity index (χ1n) is 5.65. The summed E-state index contributed by atoms with van der Waals surface area (Å²) in [6.45, 7) is 0. The molecule has 0 radical (unpaired) electrons. The van der Waals surface area contributed by atoms with Crippen molar-refractivity contribution < 1.29 is 4.74 Å². The molecular weight excluding hydrogens is 226 g/mol. The molecule has 4 heteroatoms. The number of aromatic nitrogens is 2. The Hall–Kier alpha value is -2.49. The Morgan fingerprint density at radius 2 is 2.06 bits per heavy atom. The molecule has 0 amide bonds. The monoisotopic (exact) mass is 239 g/mol. The van der Waals surface area contributed by atoms with Gasteiger partial charge in [-0.1, -0.05) is 0 Å². The molecule has 0 aliphatic carbocycles. The van der Waals surface area contributed by atoms with Gasteiger partial charge in [0.05, 0.1) is 7.11 Å². The van der Waals surface area contributed by atoms with E-state index in [1.165, 1.54) is 0 Å². The summed E-state index contributed by atoms with van der Waals surface area (Å²) >= 11 is 0. The third-order valence-electron chi connectivity index (χ3n) is 2.93. The molecule has 3 rings (SSSR count). The first kappa shape index (κ1) is 10.7. The first-order chi connectivity index (χ1) is 8.76. The van der Waals surface area contributed by atoms with Gasteiger partial charge in [0.1, 0.15) is 11.6 Å². The Kier molecular flexibility index (Phi) is 2.41. The molecule has 0 bridgehead atoms. The number of anilines is 1. The van der Waals surface area contributed by atoms with Crippen LogP contribution in [0.4, 0.5) is 5.82 Å². The van der Waals surface area contributed by atoms with Crippen LogP contribution >= 0.6 is 0 Å². The highest BCUT2D eigenvalue weighted by Gasteiger charge is 2.04. The van der Waals surface area contributed by atoms with E-state index in [1.807, 2.05) is 24.3 Å². The summed E-state index contributed by atoms with van der Waals surface area (Å²) in [5.74, 6) is 1.36. The molecule has 0 aliphatic heterocycles. The van der Waals surface area contributed by atoms with Crippen LogP contribution in [-0.2, 0) is 0 Å². The summed E-state index contributed by atoms with van der Waals surface area (Å²) in [6, 6.07) is 11.8. The fourth-order valence-corrected chi connectivity index (χ4v) is 1.95. The van der Waals surface area contributed by atoms with Gasteiger partial charge >= 0.3 is 0 Å². The summed E-state index contributed by atoms with van der Waals surface area (Å²) in [7, 11) is 1.66. The van der Waals surface area contributed by atoms with Crippen molar-refractivity contribution in [3.8, 4) is 17.0 Å².